The molecule has 0 aliphatic carbocycles. The van der Waals surface area contributed by atoms with Crippen LogP contribution in [0.5, 0.6) is 0 Å². The molecule has 2 aromatic carbocycles. The third kappa shape index (κ3) is 6.07. The molecular weight excluding hydrogens is 422 g/mol. The smallest absolute Gasteiger partial charge is 0.319 e. The molecule has 2 N–H and O–H groups in total. The average Bonchev–Trinajstić information content (AvgIpc) is 2.83. The van der Waals surface area contributed by atoms with E-state index in [1.54, 1.807) is 18.3 Å². The second-order valence-corrected chi connectivity index (χ2v) is 8.32. The fraction of sp³-hybridized carbons (Fsp3) is 0.280. The van der Waals surface area contributed by atoms with Crippen LogP contribution in [0.25, 0.3) is 0 Å². The summed E-state index contributed by atoms with van der Waals surface area (Å²) in [5.41, 5.74) is 3.03. The molecule has 6 nitrogen and oxygen atoms in total. The maximum absolute atomic E-state index is 12.5. The van der Waals surface area contributed by atoms with Crippen molar-refractivity contribution >= 4 is 23.3 Å². The van der Waals surface area contributed by atoms with Gasteiger partial charge in [-0.05, 0) is 29.3 Å². The number of hydrogen-bond donors (Lipinski definition) is 2. The first-order valence-electron chi connectivity index (χ1n) is 10.9. The largest absolute Gasteiger partial charge is 0.336 e. The fourth-order valence-electron chi connectivity index (χ4n) is 4.02. The Bertz CT molecular complexity index is 993. The van der Waals surface area contributed by atoms with Crippen LogP contribution >= 0.6 is 11.6 Å². The summed E-state index contributed by atoms with van der Waals surface area (Å²) in [5.74, 6) is 0. The van der Waals surface area contributed by atoms with Gasteiger partial charge in [0.15, 0.2) is 0 Å². The van der Waals surface area contributed by atoms with Gasteiger partial charge in [0.25, 0.3) is 0 Å². The first-order valence-corrected chi connectivity index (χ1v) is 11.3. The van der Waals surface area contributed by atoms with Gasteiger partial charge in [0.2, 0.25) is 0 Å². The highest BCUT2D eigenvalue weighted by molar-refractivity contribution is 6.33. The summed E-state index contributed by atoms with van der Waals surface area (Å²) in [6.07, 6.45) is 3.66. The number of aromatic nitrogens is 1. The van der Waals surface area contributed by atoms with Gasteiger partial charge in [-0.2, -0.15) is 0 Å². The number of para-hydroxylation sites is 1. The molecule has 1 unspecified atom stereocenters. The summed E-state index contributed by atoms with van der Waals surface area (Å²) in [5, 5.41) is 6.36. The van der Waals surface area contributed by atoms with Gasteiger partial charge in [-0.25, -0.2) is 4.79 Å². The van der Waals surface area contributed by atoms with E-state index in [9.17, 15) is 4.79 Å². The molecule has 1 aliphatic heterocycles. The van der Waals surface area contributed by atoms with E-state index >= 15 is 0 Å². The number of urea groups is 1. The van der Waals surface area contributed by atoms with Gasteiger partial charge in [0.05, 0.1) is 16.8 Å². The molecule has 1 atom stereocenters. The highest BCUT2D eigenvalue weighted by Gasteiger charge is 2.25. The summed E-state index contributed by atoms with van der Waals surface area (Å²) in [6, 6.07) is 21.6. The number of nitrogens with one attached hydrogen (secondary N) is 2. The van der Waals surface area contributed by atoms with E-state index < -0.39 is 0 Å². The minimum absolute atomic E-state index is 0.0552. The third-order valence-corrected chi connectivity index (χ3v) is 6.07. The van der Waals surface area contributed by atoms with Crippen LogP contribution in [0.4, 0.5) is 10.5 Å². The number of anilines is 1. The number of halogens is 1. The molecule has 0 radical (unpaired) electrons. The van der Waals surface area contributed by atoms with Crippen molar-refractivity contribution in [3.63, 3.8) is 0 Å². The topological polar surface area (TPSA) is 60.5 Å². The van der Waals surface area contributed by atoms with Gasteiger partial charge in [-0.15, -0.1) is 0 Å². The van der Waals surface area contributed by atoms with Crippen LogP contribution in [0.2, 0.25) is 5.02 Å². The van der Waals surface area contributed by atoms with Crippen molar-refractivity contribution in [3.05, 3.63) is 95.3 Å². The maximum Gasteiger partial charge on any atom is 0.319 e. The number of hydrogen-bond acceptors (Lipinski definition) is 4. The number of rotatable bonds is 7. The van der Waals surface area contributed by atoms with Crippen molar-refractivity contribution in [3.8, 4) is 0 Å². The highest BCUT2D eigenvalue weighted by atomic mass is 35.5. The molecular formula is C25H28ClN5O. The molecule has 166 valence electrons. The molecule has 1 aromatic heterocycles. The van der Waals surface area contributed by atoms with Crippen molar-refractivity contribution < 1.29 is 4.79 Å². The minimum atomic E-state index is -0.269. The standard InChI is InChI=1S/C25H28ClN5O/c26-22-10-4-5-11-23(22)29-25(32)28-18-24(21-9-6-12-27-17-21)31-15-13-30(14-16-31)19-20-7-2-1-3-8-20/h1-12,17,24H,13-16,18-19H2,(H2,28,29,32). The van der Waals surface area contributed by atoms with Gasteiger partial charge in [0.1, 0.15) is 0 Å². The number of carbonyl (C=O) groups excluding carboxylic acids is 1. The predicted octanol–water partition coefficient (Wildman–Crippen LogP) is 4.42. The van der Waals surface area contributed by atoms with Crippen LogP contribution in [-0.4, -0.2) is 53.5 Å². The van der Waals surface area contributed by atoms with E-state index in [2.05, 4.69) is 61.8 Å². The SMILES string of the molecule is O=C(NCC(c1cccnc1)N1CCN(Cc2ccccc2)CC1)Nc1ccccc1Cl. The van der Waals surface area contributed by atoms with E-state index in [0.717, 1.165) is 38.3 Å². The zero-order chi connectivity index (χ0) is 22.2. The Balaban J connectivity index is 1.36. The number of amides is 2. The Morgan fingerprint density at radius 2 is 1.72 bits per heavy atom. The van der Waals surface area contributed by atoms with Crippen molar-refractivity contribution in [2.24, 2.45) is 0 Å². The maximum atomic E-state index is 12.5. The second kappa shape index (κ2) is 11.1. The normalized spacial score (nSPS) is 15.8. The molecule has 1 saturated heterocycles. The van der Waals surface area contributed by atoms with Crippen LogP contribution in [0.3, 0.4) is 0 Å². The average molecular weight is 450 g/mol. The van der Waals surface area contributed by atoms with Gasteiger partial charge in [-0.1, -0.05) is 60.1 Å². The molecule has 1 fully saturated rings. The van der Waals surface area contributed by atoms with Crippen LogP contribution < -0.4 is 10.6 Å². The van der Waals surface area contributed by atoms with Crippen LogP contribution in [0.1, 0.15) is 17.2 Å². The Hall–Kier alpha value is -2.93. The van der Waals surface area contributed by atoms with Gasteiger partial charge < -0.3 is 10.6 Å². The number of piperazine rings is 1. The minimum Gasteiger partial charge on any atom is -0.336 e. The van der Waals surface area contributed by atoms with Crippen molar-refractivity contribution in [1.29, 1.82) is 0 Å². The monoisotopic (exact) mass is 449 g/mol. The molecule has 0 spiro atoms. The van der Waals surface area contributed by atoms with Crippen LogP contribution in [0, 0.1) is 0 Å². The van der Waals surface area contributed by atoms with Crippen molar-refractivity contribution in [1.82, 2.24) is 20.1 Å². The molecule has 1 aliphatic rings. The van der Waals surface area contributed by atoms with Crippen molar-refractivity contribution in [2.45, 2.75) is 12.6 Å². The zero-order valence-corrected chi connectivity index (χ0v) is 18.7. The van der Waals surface area contributed by atoms with E-state index in [1.165, 1.54) is 5.56 Å². The number of carbonyl (C=O) groups is 1. The number of nitrogens with zero attached hydrogens (tertiary/aromatic N) is 3. The summed E-state index contributed by atoms with van der Waals surface area (Å²) in [7, 11) is 0. The fourth-order valence-corrected chi connectivity index (χ4v) is 4.21. The number of pyridine rings is 1. The molecule has 3 aromatic rings. The Morgan fingerprint density at radius 3 is 2.44 bits per heavy atom. The van der Waals surface area contributed by atoms with E-state index in [-0.39, 0.29) is 12.1 Å². The second-order valence-electron chi connectivity index (χ2n) is 7.91. The van der Waals surface area contributed by atoms with Crippen molar-refractivity contribution in [2.75, 3.05) is 38.0 Å². The first kappa shape index (κ1) is 22.3. The van der Waals surface area contributed by atoms with Crippen LogP contribution in [0.15, 0.2) is 79.1 Å². The molecule has 0 bridgehead atoms. The quantitative estimate of drug-likeness (QED) is 0.560. The van der Waals surface area contributed by atoms with E-state index in [1.807, 2.05) is 24.4 Å². The Labute approximate surface area is 194 Å². The summed E-state index contributed by atoms with van der Waals surface area (Å²) < 4.78 is 0. The lowest BCUT2D eigenvalue weighted by Crippen LogP contribution is -2.49. The van der Waals surface area contributed by atoms with Crippen LogP contribution in [-0.2, 0) is 6.54 Å². The van der Waals surface area contributed by atoms with Gasteiger partial charge in [-0.3, -0.25) is 14.8 Å². The van der Waals surface area contributed by atoms with E-state index in [4.69, 9.17) is 11.6 Å². The lowest BCUT2D eigenvalue weighted by Gasteiger charge is -2.39. The Morgan fingerprint density at radius 1 is 0.969 bits per heavy atom. The number of benzene rings is 2. The summed E-state index contributed by atoms with van der Waals surface area (Å²) >= 11 is 6.16. The zero-order valence-electron chi connectivity index (χ0n) is 18.0. The molecule has 7 heteroatoms. The summed E-state index contributed by atoms with van der Waals surface area (Å²) in [6.45, 7) is 5.28. The molecule has 4 rings (SSSR count). The molecule has 32 heavy (non-hydrogen) atoms. The lowest BCUT2D eigenvalue weighted by atomic mass is 10.1. The summed E-state index contributed by atoms with van der Waals surface area (Å²) in [4.78, 5) is 21.7. The highest BCUT2D eigenvalue weighted by Crippen LogP contribution is 2.23. The molecule has 2 heterocycles. The third-order valence-electron chi connectivity index (χ3n) is 5.74. The van der Waals surface area contributed by atoms with Gasteiger partial charge >= 0.3 is 6.03 Å². The van der Waals surface area contributed by atoms with E-state index in [0.29, 0.717) is 17.3 Å². The molecule has 0 saturated carbocycles. The first-order chi connectivity index (χ1) is 15.7. The van der Waals surface area contributed by atoms with Gasteiger partial charge in [0, 0.05) is 51.7 Å². The lowest BCUT2D eigenvalue weighted by molar-refractivity contribution is 0.0916. The molecule has 2 amide bonds. The predicted molar refractivity (Wildman–Crippen MR) is 129 cm³/mol. The Kier molecular flexibility index (Phi) is 7.72.